The highest BCUT2D eigenvalue weighted by Crippen LogP contribution is 2.40. The summed E-state index contributed by atoms with van der Waals surface area (Å²) in [6.45, 7) is 4.70. The molecule has 1 aromatic rings. The molecule has 5 nitrogen and oxygen atoms in total. The number of nitrogens with one attached hydrogen (secondary N) is 2. The summed E-state index contributed by atoms with van der Waals surface area (Å²) in [5.74, 6) is 0.863. The van der Waals surface area contributed by atoms with Crippen LogP contribution in [-0.2, 0) is 17.7 Å². The fraction of sp³-hybridized carbons (Fsp3) is 0.765. The molecule has 0 radical (unpaired) electrons. The van der Waals surface area contributed by atoms with Crippen molar-refractivity contribution in [2.24, 2.45) is 10.4 Å². The second-order valence-electron chi connectivity index (χ2n) is 6.30. The number of halogens is 1. The van der Waals surface area contributed by atoms with E-state index in [0.717, 1.165) is 43.5 Å². The second kappa shape index (κ2) is 11.3. The Kier molecular flexibility index (Phi) is 10.1. The minimum atomic E-state index is 0. The van der Waals surface area contributed by atoms with Gasteiger partial charge in [0.2, 0.25) is 0 Å². The molecule has 24 heavy (non-hydrogen) atoms. The predicted octanol–water partition coefficient (Wildman–Crippen LogP) is 3.59. The standard InChI is InChI=1S/C17H30N4OS.HI/c1-4-14-11-19-15(23-14)12-20-16(18-2)21-13-17(9-10-22-3)7-5-6-8-17;/h11H,4-10,12-13H2,1-3H3,(H2,18,20,21);1H. The molecule has 0 amide bonds. The van der Waals surface area contributed by atoms with Crippen LogP contribution in [0.25, 0.3) is 0 Å². The molecule has 0 aromatic carbocycles. The van der Waals surface area contributed by atoms with Gasteiger partial charge in [-0.25, -0.2) is 4.98 Å². The summed E-state index contributed by atoms with van der Waals surface area (Å²) >= 11 is 1.77. The van der Waals surface area contributed by atoms with Crippen LogP contribution in [0, 0.1) is 5.41 Å². The van der Waals surface area contributed by atoms with Crippen LogP contribution >= 0.6 is 35.3 Å². The van der Waals surface area contributed by atoms with Gasteiger partial charge in [-0.3, -0.25) is 4.99 Å². The van der Waals surface area contributed by atoms with Crippen molar-refractivity contribution in [2.45, 2.75) is 52.0 Å². The summed E-state index contributed by atoms with van der Waals surface area (Å²) in [7, 11) is 3.61. The maximum absolute atomic E-state index is 5.30. The molecular weight excluding hydrogens is 435 g/mol. The van der Waals surface area contributed by atoms with Crippen LogP contribution in [0.4, 0.5) is 0 Å². The lowest BCUT2D eigenvalue weighted by atomic mass is 9.83. The van der Waals surface area contributed by atoms with Crippen molar-refractivity contribution in [1.29, 1.82) is 0 Å². The van der Waals surface area contributed by atoms with Crippen LogP contribution < -0.4 is 10.6 Å². The van der Waals surface area contributed by atoms with E-state index in [2.05, 4.69) is 27.5 Å². The summed E-state index contributed by atoms with van der Waals surface area (Å²) in [6, 6.07) is 0. The van der Waals surface area contributed by atoms with Crippen LogP contribution in [0.1, 0.15) is 48.9 Å². The van der Waals surface area contributed by atoms with E-state index in [0.29, 0.717) is 5.41 Å². The highest BCUT2D eigenvalue weighted by molar-refractivity contribution is 14.0. The summed E-state index contributed by atoms with van der Waals surface area (Å²) in [6.07, 6.45) is 9.37. The van der Waals surface area contributed by atoms with E-state index in [1.165, 1.54) is 30.6 Å². The Bertz CT molecular complexity index is 501. The molecule has 1 heterocycles. The first-order valence-corrected chi connectivity index (χ1v) is 9.40. The average Bonchev–Trinajstić information content (AvgIpc) is 3.23. The topological polar surface area (TPSA) is 58.5 Å². The number of aromatic nitrogens is 1. The molecule has 1 aromatic heterocycles. The minimum Gasteiger partial charge on any atom is -0.385 e. The molecule has 1 aliphatic carbocycles. The van der Waals surface area contributed by atoms with E-state index in [1.54, 1.807) is 18.4 Å². The van der Waals surface area contributed by atoms with Gasteiger partial charge >= 0.3 is 0 Å². The lowest BCUT2D eigenvalue weighted by Crippen LogP contribution is -2.43. The molecule has 0 spiro atoms. The molecule has 1 saturated carbocycles. The van der Waals surface area contributed by atoms with Gasteiger partial charge in [-0.1, -0.05) is 19.8 Å². The van der Waals surface area contributed by atoms with Crippen molar-refractivity contribution < 1.29 is 4.74 Å². The van der Waals surface area contributed by atoms with Crippen molar-refractivity contribution >= 4 is 41.3 Å². The monoisotopic (exact) mass is 466 g/mol. The van der Waals surface area contributed by atoms with Crippen molar-refractivity contribution in [3.8, 4) is 0 Å². The molecule has 0 unspecified atom stereocenters. The number of guanidine groups is 1. The smallest absolute Gasteiger partial charge is 0.191 e. The van der Waals surface area contributed by atoms with E-state index < -0.39 is 0 Å². The Hall–Kier alpha value is -0.410. The lowest BCUT2D eigenvalue weighted by Gasteiger charge is -2.29. The molecule has 0 saturated heterocycles. The highest BCUT2D eigenvalue weighted by Gasteiger charge is 2.33. The molecule has 7 heteroatoms. The zero-order chi connectivity index (χ0) is 16.5. The van der Waals surface area contributed by atoms with Gasteiger partial charge in [0.25, 0.3) is 0 Å². The Labute approximate surface area is 167 Å². The number of hydrogen-bond donors (Lipinski definition) is 2. The van der Waals surface area contributed by atoms with E-state index >= 15 is 0 Å². The van der Waals surface area contributed by atoms with E-state index in [-0.39, 0.29) is 24.0 Å². The number of aryl methyl sites for hydroxylation is 1. The van der Waals surface area contributed by atoms with E-state index in [4.69, 9.17) is 4.74 Å². The molecule has 0 atom stereocenters. The number of rotatable bonds is 8. The van der Waals surface area contributed by atoms with Crippen LogP contribution in [-0.4, -0.2) is 38.3 Å². The van der Waals surface area contributed by atoms with Gasteiger partial charge < -0.3 is 15.4 Å². The van der Waals surface area contributed by atoms with Crippen molar-refractivity contribution in [1.82, 2.24) is 15.6 Å². The Morgan fingerprint density at radius 3 is 2.71 bits per heavy atom. The average molecular weight is 466 g/mol. The third-order valence-electron chi connectivity index (χ3n) is 4.71. The van der Waals surface area contributed by atoms with Crippen LogP contribution in [0.15, 0.2) is 11.2 Å². The predicted molar refractivity (Wildman–Crippen MR) is 113 cm³/mol. The maximum Gasteiger partial charge on any atom is 0.191 e. The maximum atomic E-state index is 5.30. The molecule has 2 rings (SSSR count). The summed E-state index contributed by atoms with van der Waals surface area (Å²) < 4.78 is 5.30. The third kappa shape index (κ3) is 6.48. The van der Waals surface area contributed by atoms with Crippen LogP contribution in [0.5, 0.6) is 0 Å². The van der Waals surface area contributed by atoms with Gasteiger partial charge in [0.15, 0.2) is 5.96 Å². The fourth-order valence-corrected chi connectivity index (χ4v) is 4.01. The van der Waals surface area contributed by atoms with E-state index in [1.807, 2.05) is 13.2 Å². The van der Waals surface area contributed by atoms with Gasteiger partial charge in [0, 0.05) is 38.4 Å². The first kappa shape index (κ1) is 21.6. The van der Waals surface area contributed by atoms with Crippen molar-refractivity contribution in [2.75, 3.05) is 27.3 Å². The minimum absolute atomic E-state index is 0. The number of thiazole rings is 1. The molecule has 0 bridgehead atoms. The Morgan fingerprint density at radius 1 is 1.38 bits per heavy atom. The first-order valence-electron chi connectivity index (χ1n) is 8.58. The summed E-state index contributed by atoms with van der Waals surface area (Å²) in [5.41, 5.74) is 0.365. The van der Waals surface area contributed by atoms with Gasteiger partial charge in [0.05, 0.1) is 6.54 Å². The van der Waals surface area contributed by atoms with Gasteiger partial charge in [-0.15, -0.1) is 35.3 Å². The van der Waals surface area contributed by atoms with Crippen molar-refractivity contribution in [3.05, 3.63) is 16.1 Å². The molecule has 1 aliphatic rings. The first-order chi connectivity index (χ1) is 11.2. The Morgan fingerprint density at radius 2 is 2.12 bits per heavy atom. The van der Waals surface area contributed by atoms with Gasteiger partial charge in [-0.2, -0.15) is 0 Å². The largest absolute Gasteiger partial charge is 0.385 e. The number of ether oxygens (including phenoxy) is 1. The summed E-state index contributed by atoms with van der Waals surface area (Å²) in [5, 5.41) is 8.00. The van der Waals surface area contributed by atoms with Gasteiger partial charge in [0.1, 0.15) is 5.01 Å². The zero-order valence-corrected chi connectivity index (χ0v) is 18.2. The van der Waals surface area contributed by atoms with Gasteiger partial charge in [-0.05, 0) is 31.1 Å². The van der Waals surface area contributed by atoms with Crippen molar-refractivity contribution in [3.63, 3.8) is 0 Å². The quantitative estimate of drug-likeness (QED) is 0.349. The number of methoxy groups -OCH3 is 1. The second-order valence-corrected chi connectivity index (χ2v) is 7.50. The third-order valence-corrected chi connectivity index (χ3v) is 5.85. The summed E-state index contributed by atoms with van der Waals surface area (Å²) in [4.78, 5) is 10.1. The molecular formula is C17H31IN4OS. The SMILES string of the molecule is CCc1cnc(CNC(=NC)NCC2(CCOC)CCCC2)s1.I. The highest BCUT2D eigenvalue weighted by atomic mass is 127. The lowest BCUT2D eigenvalue weighted by molar-refractivity contribution is 0.138. The normalized spacial score (nSPS) is 16.7. The molecule has 138 valence electrons. The number of nitrogens with zero attached hydrogens (tertiary/aromatic N) is 2. The zero-order valence-electron chi connectivity index (χ0n) is 15.1. The van der Waals surface area contributed by atoms with Crippen LogP contribution in [0.2, 0.25) is 0 Å². The fourth-order valence-electron chi connectivity index (χ4n) is 3.20. The molecule has 2 N–H and O–H groups in total. The number of hydrogen-bond acceptors (Lipinski definition) is 4. The van der Waals surface area contributed by atoms with Crippen LogP contribution in [0.3, 0.4) is 0 Å². The molecule has 1 fully saturated rings. The Balaban J connectivity index is 0.00000288. The van der Waals surface area contributed by atoms with E-state index in [9.17, 15) is 0 Å². The molecule has 0 aliphatic heterocycles. The number of aliphatic imine (C=N–C) groups is 1.